The highest BCUT2D eigenvalue weighted by molar-refractivity contribution is 7.90. The van der Waals surface area contributed by atoms with Crippen LogP contribution in [0.1, 0.15) is 22.3 Å². The zero-order valence-corrected chi connectivity index (χ0v) is 15.0. The molecule has 1 N–H and O–H groups in total. The highest BCUT2D eigenvalue weighted by atomic mass is 32.2. The predicted octanol–water partition coefficient (Wildman–Crippen LogP) is 1.55. The van der Waals surface area contributed by atoms with Gasteiger partial charge in [-0.05, 0) is 18.2 Å². The van der Waals surface area contributed by atoms with Gasteiger partial charge in [0, 0.05) is 25.1 Å². The summed E-state index contributed by atoms with van der Waals surface area (Å²) in [6, 6.07) is 13.3. The van der Waals surface area contributed by atoms with E-state index in [0.29, 0.717) is 5.75 Å². The van der Waals surface area contributed by atoms with E-state index >= 15 is 0 Å². The van der Waals surface area contributed by atoms with Crippen LogP contribution in [0.3, 0.4) is 0 Å². The molecule has 0 fully saturated rings. The topological polar surface area (TPSA) is 92.8 Å². The number of para-hydroxylation sites is 1. The second-order valence-electron chi connectivity index (χ2n) is 5.72. The molecule has 0 radical (unpaired) electrons. The molecule has 0 atom stereocenters. The third-order valence-corrected chi connectivity index (χ3v) is 5.96. The summed E-state index contributed by atoms with van der Waals surface area (Å²) < 4.78 is 30.8. The normalized spacial score (nSPS) is 14.8. The summed E-state index contributed by atoms with van der Waals surface area (Å²) >= 11 is 0. The molecule has 0 saturated heterocycles. The Morgan fingerprint density at radius 2 is 1.81 bits per heavy atom. The molecule has 1 aliphatic rings. The number of nitrogens with one attached hydrogen (secondary N) is 1. The molecule has 2 amide bonds. The largest absolute Gasteiger partial charge is 0.496 e. The molecule has 1 heterocycles. The van der Waals surface area contributed by atoms with Gasteiger partial charge < -0.3 is 10.1 Å². The standard InChI is InChI=1S/C18H18N2O5S/c1-25-15-8-4-2-6-13(15)12-19-17(21)10-11-20-18(22)14-7-3-5-9-16(14)26(20,23)24/h2-9H,10-12H2,1H3,(H,19,21). The Morgan fingerprint density at radius 3 is 2.54 bits per heavy atom. The lowest BCUT2D eigenvalue weighted by Crippen LogP contribution is -2.34. The molecule has 8 heteroatoms. The van der Waals surface area contributed by atoms with Gasteiger partial charge in [0.2, 0.25) is 5.91 Å². The van der Waals surface area contributed by atoms with Gasteiger partial charge >= 0.3 is 0 Å². The van der Waals surface area contributed by atoms with Crippen LogP contribution in [-0.2, 0) is 21.4 Å². The quantitative estimate of drug-likeness (QED) is 0.828. The number of carbonyl (C=O) groups excluding carboxylic acids is 2. The smallest absolute Gasteiger partial charge is 0.269 e. The Balaban J connectivity index is 1.61. The summed E-state index contributed by atoms with van der Waals surface area (Å²) in [5.41, 5.74) is 0.947. The van der Waals surface area contributed by atoms with Crippen molar-refractivity contribution in [2.75, 3.05) is 13.7 Å². The van der Waals surface area contributed by atoms with Crippen LogP contribution in [0.2, 0.25) is 0 Å². The van der Waals surface area contributed by atoms with Gasteiger partial charge in [0.25, 0.3) is 15.9 Å². The molecule has 26 heavy (non-hydrogen) atoms. The highest BCUT2D eigenvalue weighted by Gasteiger charge is 2.40. The second-order valence-corrected chi connectivity index (χ2v) is 7.55. The lowest BCUT2D eigenvalue weighted by molar-refractivity contribution is -0.121. The monoisotopic (exact) mass is 374 g/mol. The summed E-state index contributed by atoms with van der Waals surface area (Å²) in [5.74, 6) is -0.298. The van der Waals surface area contributed by atoms with E-state index in [-0.39, 0.29) is 35.9 Å². The summed E-state index contributed by atoms with van der Waals surface area (Å²) in [7, 11) is -2.34. The predicted molar refractivity (Wildman–Crippen MR) is 94.1 cm³/mol. The van der Waals surface area contributed by atoms with Gasteiger partial charge in [-0.15, -0.1) is 0 Å². The number of hydrogen-bond donors (Lipinski definition) is 1. The molecule has 0 spiro atoms. The van der Waals surface area contributed by atoms with Crippen molar-refractivity contribution in [2.45, 2.75) is 17.9 Å². The van der Waals surface area contributed by atoms with Gasteiger partial charge in [0.1, 0.15) is 10.6 Å². The van der Waals surface area contributed by atoms with E-state index < -0.39 is 15.9 Å². The lowest BCUT2D eigenvalue weighted by Gasteiger charge is -2.15. The first kappa shape index (κ1) is 17.9. The third kappa shape index (κ3) is 3.28. The van der Waals surface area contributed by atoms with Crippen molar-refractivity contribution >= 4 is 21.8 Å². The number of benzene rings is 2. The first-order valence-electron chi connectivity index (χ1n) is 8.00. The van der Waals surface area contributed by atoms with Crippen LogP contribution >= 0.6 is 0 Å². The number of sulfonamides is 1. The average Bonchev–Trinajstić information content (AvgIpc) is 2.85. The van der Waals surface area contributed by atoms with Crippen molar-refractivity contribution < 1.29 is 22.7 Å². The Bertz CT molecular complexity index is 956. The molecule has 3 rings (SSSR count). The maximum atomic E-state index is 12.4. The molecule has 2 aromatic carbocycles. The first-order chi connectivity index (χ1) is 12.4. The first-order valence-corrected chi connectivity index (χ1v) is 9.44. The van der Waals surface area contributed by atoms with Crippen molar-refractivity contribution in [1.29, 1.82) is 0 Å². The van der Waals surface area contributed by atoms with Crippen LogP contribution in [-0.4, -0.2) is 38.2 Å². The highest BCUT2D eigenvalue weighted by Crippen LogP contribution is 2.29. The van der Waals surface area contributed by atoms with Crippen LogP contribution in [0, 0.1) is 0 Å². The molecule has 0 bridgehead atoms. The SMILES string of the molecule is COc1ccccc1CNC(=O)CCN1C(=O)c2ccccc2S1(=O)=O. The second kappa shape index (κ2) is 7.17. The Morgan fingerprint density at radius 1 is 1.12 bits per heavy atom. The van der Waals surface area contributed by atoms with Crippen molar-refractivity contribution in [3.63, 3.8) is 0 Å². The van der Waals surface area contributed by atoms with Crippen molar-refractivity contribution in [2.24, 2.45) is 0 Å². The molecule has 7 nitrogen and oxygen atoms in total. The average molecular weight is 374 g/mol. The van der Waals surface area contributed by atoms with Gasteiger partial charge in [-0.1, -0.05) is 30.3 Å². The van der Waals surface area contributed by atoms with E-state index in [2.05, 4.69) is 5.32 Å². The van der Waals surface area contributed by atoms with Crippen LogP contribution < -0.4 is 10.1 Å². The zero-order chi connectivity index (χ0) is 18.7. The summed E-state index contributed by atoms with van der Waals surface area (Å²) in [5, 5.41) is 2.71. The summed E-state index contributed by atoms with van der Waals surface area (Å²) in [6.07, 6.45) is -0.117. The molecular weight excluding hydrogens is 356 g/mol. The number of amides is 2. The van der Waals surface area contributed by atoms with Crippen LogP contribution in [0.4, 0.5) is 0 Å². The summed E-state index contributed by atoms with van der Waals surface area (Å²) in [6.45, 7) is 0.0529. The minimum atomic E-state index is -3.89. The van der Waals surface area contributed by atoms with E-state index in [1.165, 1.54) is 12.1 Å². The molecule has 0 saturated carbocycles. The minimum Gasteiger partial charge on any atom is -0.496 e. The van der Waals surface area contributed by atoms with E-state index in [1.54, 1.807) is 25.3 Å². The molecule has 136 valence electrons. The van der Waals surface area contributed by atoms with Gasteiger partial charge in [0.15, 0.2) is 0 Å². The molecule has 1 aliphatic heterocycles. The van der Waals surface area contributed by atoms with Crippen molar-refractivity contribution in [1.82, 2.24) is 9.62 Å². The van der Waals surface area contributed by atoms with Crippen LogP contribution in [0.25, 0.3) is 0 Å². The van der Waals surface area contributed by atoms with Crippen molar-refractivity contribution in [3.05, 3.63) is 59.7 Å². The van der Waals surface area contributed by atoms with Gasteiger partial charge in [-0.25, -0.2) is 12.7 Å². The fourth-order valence-corrected chi connectivity index (χ4v) is 4.36. The molecule has 2 aromatic rings. The van der Waals surface area contributed by atoms with E-state index in [0.717, 1.165) is 9.87 Å². The number of rotatable bonds is 6. The molecule has 0 aliphatic carbocycles. The maximum Gasteiger partial charge on any atom is 0.269 e. The number of carbonyl (C=O) groups is 2. The number of hydrogen-bond acceptors (Lipinski definition) is 5. The fourth-order valence-electron chi connectivity index (χ4n) is 2.79. The van der Waals surface area contributed by atoms with Crippen LogP contribution in [0.5, 0.6) is 5.75 Å². The molecular formula is C18H18N2O5S. The number of ether oxygens (including phenoxy) is 1. The number of methoxy groups -OCH3 is 1. The van der Waals surface area contributed by atoms with Crippen molar-refractivity contribution in [3.8, 4) is 5.75 Å². The Labute approximate surface area is 151 Å². The number of fused-ring (bicyclic) bond motifs is 1. The summed E-state index contributed by atoms with van der Waals surface area (Å²) in [4.78, 5) is 24.4. The molecule has 0 aromatic heterocycles. The van der Waals surface area contributed by atoms with E-state index in [9.17, 15) is 18.0 Å². The van der Waals surface area contributed by atoms with Gasteiger partial charge in [-0.2, -0.15) is 0 Å². The third-order valence-electron chi connectivity index (χ3n) is 4.12. The Hall–Kier alpha value is -2.87. The Kier molecular flexibility index (Phi) is 4.94. The minimum absolute atomic E-state index is 0.0144. The number of nitrogens with zero attached hydrogens (tertiary/aromatic N) is 1. The zero-order valence-electron chi connectivity index (χ0n) is 14.1. The van der Waals surface area contributed by atoms with E-state index in [4.69, 9.17) is 4.74 Å². The van der Waals surface area contributed by atoms with Gasteiger partial charge in [-0.3, -0.25) is 9.59 Å². The van der Waals surface area contributed by atoms with Gasteiger partial charge in [0.05, 0.1) is 12.7 Å². The van der Waals surface area contributed by atoms with E-state index in [1.807, 2.05) is 18.2 Å². The van der Waals surface area contributed by atoms with Crippen LogP contribution in [0.15, 0.2) is 53.4 Å². The lowest BCUT2D eigenvalue weighted by atomic mass is 10.2. The fraction of sp³-hybridized carbons (Fsp3) is 0.222. The molecule has 0 unspecified atom stereocenters. The maximum absolute atomic E-state index is 12.4.